The average Bonchev–Trinajstić information content (AvgIpc) is 2.60. The van der Waals surface area contributed by atoms with E-state index in [0.717, 1.165) is 31.9 Å². The van der Waals surface area contributed by atoms with Gasteiger partial charge >= 0.3 is 0 Å². The Kier molecular flexibility index (Phi) is 7.47. The molecule has 2 aromatic carbocycles. The number of methoxy groups -OCH3 is 1. The number of nitrogens with one attached hydrogen (secondary N) is 2. The minimum atomic E-state index is -3.80. The number of rotatable bonds is 5. The van der Waals surface area contributed by atoms with Crippen molar-refractivity contribution in [1.82, 2.24) is 5.32 Å². The van der Waals surface area contributed by atoms with E-state index in [1.165, 1.54) is 24.3 Å². The number of hydrogen-bond acceptors (Lipinski definition) is 5. The van der Waals surface area contributed by atoms with E-state index in [1.54, 1.807) is 19.2 Å². The van der Waals surface area contributed by atoms with Crippen LogP contribution in [-0.4, -0.2) is 41.7 Å². The lowest BCUT2D eigenvalue weighted by Crippen LogP contribution is -2.43. The second-order valence-corrected chi connectivity index (χ2v) is 8.39. The standard InChI is InChI=1S/C17H19Cl2N3O3S.ClH/c1-25-17-3-2-15(11-16(17)22-6-4-20-5-7-22)26(23,24)21-14-9-12(18)8-13(19)10-14;/h2-3,8-11,20-21H,4-7H2,1H3;1H. The third kappa shape index (κ3) is 5.33. The van der Waals surface area contributed by atoms with Crippen molar-refractivity contribution < 1.29 is 13.2 Å². The van der Waals surface area contributed by atoms with Crippen molar-refractivity contribution in [3.63, 3.8) is 0 Å². The number of halogens is 3. The van der Waals surface area contributed by atoms with E-state index < -0.39 is 10.0 Å². The summed E-state index contributed by atoms with van der Waals surface area (Å²) in [6, 6.07) is 9.35. The first-order valence-electron chi connectivity index (χ1n) is 8.02. The summed E-state index contributed by atoms with van der Waals surface area (Å²) in [5.41, 5.74) is 1.06. The van der Waals surface area contributed by atoms with Crippen LogP contribution in [0, 0.1) is 0 Å². The molecule has 0 saturated carbocycles. The molecular formula is C17H20Cl3N3O3S. The van der Waals surface area contributed by atoms with Crippen molar-refractivity contribution in [2.45, 2.75) is 4.90 Å². The Morgan fingerprint density at radius 3 is 2.30 bits per heavy atom. The number of piperazine rings is 1. The Balaban J connectivity index is 0.00000261. The normalized spacial score (nSPS) is 14.4. The van der Waals surface area contributed by atoms with Crippen molar-refractivity contribution in [2.24, 2.45) is 0 Å². The van der Waals surface area contributed by atoms with E-state index >= 15 is 0 Å². The molecule has 1 aliphatic heterocycles. The number of nitrogens with zero attached hydrogens (tertiary/aromatic N) is 1. The zero-order valence-corrected chi connectivity index (χ0v) is 17.7. The highest BCUT2D eigenvalue weighted by Crippen LogP contribution is 2.32. The van der Waals surface area contributed by atoms with Gasteiger partial charge in [-0.15, -0.1) is 12.4 Å². The lowest BCUT2D eigenvalue weighted by molar-refractivity contribution is 0.412. The number of benzene rings is 2. The Hall–Kier alpha value is -1.38. The molecule has 0 spiro atoms. The molecule has 148 valence electrons. The smallest absolute Gasteiger partial charge is 0.261 e. The van der Waals surface area contributed by atoms with Gasteiger partial charge in [0.2, 0.25) is 0 Å². The summed E-state index contributed by atoms with van der Waals surface area (Å²) >= 11 is 11.9. The van der Waals surface area contributed by atoms with E-state index in [1.807, 2.05) is 0 Å². The lowest BCUT2D eigenvalue weighted by atomic mass is 10.2. The summed E-state index contributed by atoms with van der Waals surface area (Å²) in [6.07, 6.45) is 0. The molecule has 1 fully saturated rings. The molecule has 1 aliphatic rings. The second-order valence-electron chi connectivity index (χ2n) is 5.83. The van der Waals surface area contributed by atoms with Gasteiger partial charge in [0, 0.05) is 36.2 Å². The molecule has 0 bridgehead atoms. The molecule has 6 nitrogen and oxygen atoms in total. The van der Waals surface area contributed by atoms with E-state index in [0.29, 0.717) is 21.5 Å². The zero-order valence-electron chi connectivity index (χ0n) is 14.5. The van der Waals surface area contributed by atoms with Crippen LogP contribution in [0.15, 0.2) is 41.3 Å². The predicted molar refractivity (Wildman–Crippen MR) is 113 cm³/mol. The number of sulfonamides is 1. The summed E-state index contributed by atoms with van der Waals surface area (Å²) in [4.78, 5) is 2.24. The van der Waals surface area contributed by atoms with Crippen LogP contribution in [0.25, 0.3) is 0 Å². The highest BCUT2D eigenvalue weighted by atomic mass is 35.5. The van der Waals surface area contributed by atoms with Crippen LogP contribution in [0.2, 0.25) is 10.0 Å². The van der Waals surface area contributed by atoms with Crippen LogP contribution >= 0.6 is 35.6 Å². The van der Waals surface area contributed by atoms with E-state index in [-0.39, 0.29) is 17.3 Å². The first-order valence-corrected chi connectivity index (χ1v) is 10.3. The average molecular weight is 453 g/mol. The molecule has 3 rings (SSSR count). The highest BCUT2D eigenvalue weighted by molar-refractivity contribution is 7.92. The third-order valence-corrected chi connectivity index (χ3v) is 5.85. The number of hydrogen-bond donors (Lipinski definition) is 2. The number of anilines is 2. The molecule has 0 atom stereocenters. The molecule has 27 heavy (non-hydrogen) atoms. The quantitative estimate of drug-likeness (QED) is 0.725. The SMILES string of the molecule is COc1ccc(S(=O)(=O)Nc2cc(Cl)cc(Cl)c2)cc1N1CCNCC1.Cl. The van der Waals surface area contributed by atoms with Gasteiger partial charge in [-0.05, 0) is 36.4 Å². The van der Waals surface area contributed by atoms with Crippen LogP contribution in [-0.2, 0) is 10.0 Å². The van der Waals surface area contributed by atoms with Gasteiger partial charge in [-0.2, -0.15) is 0 Å². The molecule has 1 heterocycles. The summed E-state index contributed by atoms with van der Waals surface area (Å²) in [6.45, 7) is 3.22. The summed E-state index contributed by atoms with van der Waals surface area (Å²) in [7, 11) is -2.23. The van der Waals surface area contributed by atoms with Gasteiger partial charge in [0.25, 0.3) is 10.0 Å². The fourth-order valence-electron chi connectivity index (χ4n) is 2.82. The van der Waals surface area contributed by atoms with Crippen molar-refractivity contribution in [1.29, 1.82) is 0 Å². The number of ether oxygens (including phenoxy) is 1. The van der Waals surface area contributed by atoms with Crippen LogP contribution in [0.5, 0.6) is 5.75 Å². The maximum atomic E-state index is 12.8. The fourth-order valence-corrected chi connectivity index (χ4v) is 4.40. The lowest BCUT2D eigenvalue weighted by Gasteiger charge is -2.30. The first-order chi connectivity index (χ1) is 12.4. The molecule has 2 aromatic rings. The zero-order chi connectivity index (χ0) is 18.7. The maximum absolute atomic E-state index is 12.8. The third-order valence-electron chi connectivity index (χ3n) is 4.03. The van der Waals surface area contributed by atoms with Gasteiger partial charge in [-0.25, -0.2) is 8.42 Å². The largest absolute Gasteiger partial charge is 0.495 e. The minimum absolute atomic E-state index is 0. The molecule has 0 aromatic heterocycles. The van der Waals surface area contributed by atoms with Crippen molar-refractivity contribution in [3.8, 4) is 5.75 Å². The van der Waals surface area contributed by atoms with Crippen LogP contribution < -0.4 is 19.7 Å². The Morgan fingerprint density at radius 1 is 1.07 bits per heavy atom. The topological polar surface area (TPSA) is 70.7 Å². The van der Waals surface area contributed by atoms with Crippen LogP contribution in [0.3, 0.4) is 0 Å². The predicted octanol–water partition coefficient (Wildman–Crippen LogP) is 3.63. The minimum Gasteiger partial charge on any atom is -0.495 e. The van der Waals surface area contributed by atoms with Gasteiger partial charge in [0.1, 0.15) is 5.75 Å². The molecular weight excluding hydrogens is 433 g/mol. The highest BCUT2D eigenvalue weighted by Gasteiger charge is 2.21. The monoisotopic (exact) mass is 451 g/mol. The van der Waals surface area contributed by atoms with Crippen molar-refractivity contribution >= 4 is 57.0 Å². The Labute approximate surface area is 175 Å². The summed E-state index contributed by atoms with van der Waals surface area (Å²) in [5.74, 6) is 0.636. The Morgan fingerprint density at radius 2 is 1.70 bits per heavy atom. The summed E-state index contributed by atoms with van der Waals surface area (Å²) < 4.78 is 33.5. The molecule has 0 amide bonds. The van der Waals surface area contributed by atoms with Crippen LogP contribution in [0.4, 0.5) is 11.4 Å². The molecule has 0 unspecified atom stereocenters. The summed E-state index contributed by atoms with van der Waals surface area (Å²) in [5, 5.41) is 3.98. The maximum Gasteiger partial charge on any atom is 0.261 e. The van der Waals surface area contributed by atoms with Gasteiger partial charge in [0.15, 0.2) is 0 Å². The molecule has 0 aliphatic carbocycles. The second kappa shape index (κ2) is 9.21. The van der Waals surface area contributed by atoms with Gasteiger partial charge < -0.3 is 15.0 Å². The molecule has 0 radical (unpaired) electrons. The van der Waals surface area contributed by atoms with Crippen molar-refractivity contribution in [2.75, 3.05) is 42.9 Å². The van der Waals surface area contributed by atoms with Gasteiger partial charge in [-0.1, -0.05) is 23.2 Å². The fraction of sp³-hybridized carbons (Fsp3) is 0.294. The van der Waals surface area contributed by atoms with Crippen molar-refractivity contribution in [3.05, 3.63) is 46.4 Å². The first kappa shape index (κ1) is 21.9. The van der Waals surface area contributed by atoms with Gasteiger partial charge in [-0.3, -0.25) is 4.72 Å². The Bertz CT molecular complexity index is 883. The van der Waals surface area contributed by atoms with E-state index in [4.69, 9.17) is 27.9 Å². The van der Waals surface area contributed by atoms with Gasteiger partial charge in [0.05, 0.1) is 23.4 Å². The molecule has 10 heteroatoms. The van der Waals surface area contributed by atoms with E-state index in [2.05, 4.69) is 14.9 Å². The van der Waals surface area contributed by atoms with E-state index in [9.17, 15) is 8.42 Å². The molecule has 2 N–H and O–H groups in total. The molecule has 1 saturated heterocycles. The van der Waals surface area contributed by atoms with Crippen LogP contribution in [0.1, 0.15) is 0 Å².